The van der Waals surface area contributed by atoms with E-state index in [-0.39, 0.29) is 37.9 Å². The molecule has 2 rings (SSSR count). The number of ether oxygens (including phenoxy) is 4. The number of para-hydroxylation sites is 1. The van der Waals surface area contributed by atoms with Gasteiger partial charge in [0, 0.05) is 24.2 Å². The first kappa shape index (κ1) is 25.6. The van der Waals surface area contributed by atoms with Gasteiger partial charge >= 0.3 is 11.9 Å². The number of aromatic nitrogens is 1. The number of rotatable bonds is 11. The summed E-state index contributed by atoms with van der Waals surface area (Å²) in [5.74, 6) is -1.56. The Morgan fingerprint density at radius 2 is 1.88 bits per heavy atom. The topological polar surface area (TPSA) is 86.8 Å². The Bertz CT molecular complexity index is 891. The number of methoxy groups -OCH3 is 2. The maximum atomic E-state index is 13.0. The third kappa shape index (κ3) is 6.68. The van der Waals surface area contributed by atoms with E-state index < -0.39 is 11.3 Å². The lowest BCUT2D eigenvalue weighted by molar-refractivity contribution is -0.153. The quantitative estimate of drug-likeness (QED) is 0.236. The fourth-order valence-corrected chi connectivity index (χ4v) is 3.61. The van der Waals surface area contributed by atoms with Gasteiger partial charge in [-0.15, -0.1) is 0 Å². The molecule has 7 nitrogen and oxygen atoms in total. The van der Waals surface area contributed by atoms with Gasteiger partial charge in [-0.3, -0.25) is 9.59 Å². The number of nitrogens with one attached hydrogen (secondary N) is 1. The summed E-state index contributed by atoms with van der Waals surface area (Å²) in [5.41, 5.74) is 1.99. The number of carbonyl (C=O) groups is 2. The molecule has 1 aromatic carbocycles. The van der Waals surface area contributed by atoms with E-state index in [9.17, 15) is 9.59 Å². The number of esters is 2. The van der Waals surface area contributed by atoms with Crippen LogP contribution in [0.4, 0.5) is 0 Å². The fourth-order valence-electron chi connectivity index (χ4n) is 3.61. The maximum absolute atomic E-state index is 13.0. The van der Waals surface area contributed by atoms with Gasteiger partial charge in [0.1, 0.15) is 12.7 Å². The monoisotopic (exact) mass is 445 g/mol. The van der Waals surface area contributed by atoms with Crippen molar-refractivity contribution in [3.8, 4) is 0 Å². The molecule has 0 fully saturated rings. The molecule has 0 aliphatic heterocycles. The lowest BCUT2D eigenvalue weighted by Gasteiger charge is -2.28. The van der Waals surface area contributed by atoms with Crippen LogP contribution in [0.15, 0.2) is 42.0 Å². The van der Waals surface area contributed by atoms with Gasteiger partial charge in [0.25, 0.3) is 0 Å². The molecule has 0 amide bonds. The standard InChI is InChI=1S/C25H35NO6/c1-7-17(15-31-16-29-5)19(12-13-32-24(28)25(2,3)4)22(23(27)30-6)21-14-18-10-8-9-11-20(18)26-21/h7-11,14,19,22,26H,12-13,15-16H2,1-6H3/b17-7+/t19-,22?/m0/s1. The van der Waals surface area contributed by atoms with E-state index in [0.29, 0.717) is 6.42 Å². The first-order valence-electron chi connectivity index (χ1n) is 10.8. The van der Waals surface area contributed by atoms with Gasteiger partial charge < -0.3 is 23.9 Å². The molecule has 1 unspecified atom stereocenters. The van der Waals surface area contributed by atoms with Gasteiger partial charge in [0.2, 0.25) is 0 Å². The van der Waals surface area contributed by atoms with Crippen molar-refractivity contribution in [2.75, 3.05) is 34.2 Å². The zero-order valence-electron chi connectivity index (χ0n) is 19.9. The molecule has 32 heavy (non-hydrogen) atoms. The number of aromatic amines is 1. The van der Waals surface area contributed by atoms with Crippen molar-refractivity contribution in [2.45, 2.75) is 40.0 Å². The van der Waals surface area contributed by atoms with Crippen molar-refractivity contribution in [3.05, 3.63) is 47.7 Å². The average Bonchev–Trinajstić information content (AvgIpc) is 3.18. The minimum absolute atomic E-state index is 0.137. The second-order valence-corrected chi connectivity index (χ2v) is 8.71. The molecule has 2 atom stereocenters. The van der Waals surface area contributed by atoms with Gasteiger partial charge in [0.15, 0.2) is 0 Å². The summed E-state index contributed by atoms with van der Waals surface area (Å²) in [6, 6.07) is 9.81. The van der Waals surface area contributed by atoms with E-state index in [1.54, 1.807) is 7.11 Å². The zero-order chi connectivity index (χ0) is 23.7. The highest BCUT2D eigenvalue weighted by atomic mass is 16.7. The number of H-pyrrole nitrogens is 1. The first-order valence-corrected chi connectivity index (χ1v) is 10.8. The number of hydrogen-bond donors (Lipinski definition) is 1. The Labute approximate surface area is 190 Å². The van der Waals surface area contributed by atoms with Crippen LogP contribution in [-0.2, 0) is 28.5 Å². The number of hydrogen-bond acceptors (Lipinski definition) is 6. The highest BCUT2D eigenvalue weighted by Gasteiger charge is 2.35. The van der Waals surface area contributed by atoms with Crippen molar-refractivity contribution in [1.82, 2.24) is 4.98 Å². The van der Waals surface area contributed by atoms with Crippen LogP contribution in [0.1, 0.15) is 45.7 Å². The number of carbonyl (C=O) groups excluding carboxylic acids is 2. The highest BCUT2D eigenvalue weighted by Crippen LogP contribution is 2.35. The summed E-state index contributed by atoms with van der Waals surface area (Å²) < 4.78 is 21.3. The maximum Gasteiger partial charge on any atom is 0.315 e. The fraction of sp³-hybridized carbons (Fsp3) is 0.520. The minimum atomic E-state index is -0.613. The number of benzene rings is 1. The van der Waals surface area contributed by atoms with Crippen LogP contribution in [0, 0.1) is 11.3 Å². The SMILES string of the molecule is C/C=C(\COCOC)[C@H](CCOC(=O)C(C)(C)C)C(C(=O)OC)c1cc2ccccc2[nH]1. The summed E-state index contributed by atoms with van der Waals surface area (Å²) in [6.07, 6.45) is 2.37. The van der Waals surface area contributed by atoms with Crippen LogP contribution < -0.4 is 0 Å². The molecule has 0 aliphatic carbocycles. The molecular formula is C25H35NO6. The lowest BCUT2D eigenvalue weighted by Crippen LogP contribution is -2.29. The lowest BCUT2D eigenvalue weighted by atomic mass is 9.81. The largest absolute Gasteiger partial charge is 0.468 e. The summed E-state index contributed by atoms with van der Waals surface area (Å²) in [4.78, 5) is 28.6. The third-order valence-electron chi connectivity index (χ3n) is 5.33. The molecule has 0 aliphatic rings. The normalized spacial score (nSPS) is 14.2. The van der Waals surface area contributed by atoms with Crippen molar-refractivity contribution in [2.24, 2.45) is 11.3 Å². The summed E-state index contributed by atoms with van der Waals surface area (Å²) >= 11 is 0. The number of fused-ring (bicyclic) bond motifs is 1. The van der Waals surface area contributed by atoms with Crippen LogP contribution in [0.5, 0.6) is 0 Å². The van der Waals surface area contributed by atoms with Crippen molar-refractivity contribution in [3.63, 3.8) is 0 Å². The Morgan fingerprint density at radius 1 is 1.16 bits per heavy atom. The molecular weight excluding hydrogens is 410 g/mol. The van der Waals surface area contributed by atoms with Crippen LogP contribution in [0.25, 0.3) is 10.9 Å². The van der Waals surface area contributed by atoms with Crippen molar-refractivity contribution in [1.29, 1.82) is 0 Å². The van der Waals surface area contributed by atoms with E-state index in [1.165, 1.54) is 7.11 Å². The zero-order valence-corrected chi connectivity index (χ0v) is 19.9. The smallest absolute Gasteiger partial charge is 0.315 e. The second-order valence-electron chi connectivity index (χ2n) is 8.71. The second kappa shape index (κ2) is 11.8. The molecule has 0 spiro atoms. The van der Waals surface area contributed by atoms with Gasteiger partial charge in [0.05, 0.1) is 25.7 Å². The Kier molecular flexibility index (Phi) is 9.47. The van der Waals surface area contributed by atoms with Crippen LogP contribution in [0.2, 0.25) is 0 Å². The van der Waals surface area contributed by atoms with Gasteiger partial charge in [-0.2, -0.15) is 0 Å². The van der Waals surface area contributed by atoms with Crippen LogP contribution in [-0.4, -0.2) is 51.1 Å². The molecule has 0 saturated heterocycles. The molecule has 0 saturated carbocycles. The molecule has 0 radical (unpaired) electrons. The minimum Gasteiger partial charge on any atom is -0.468 e. The molecule has 2 aromatic rings. The molecule has 1 aromatic heterocycles. The van der Waals surface area contributed by atoms with Gasteiger partial charge in [-0.1, -0.05) is 24.3 Å². The van der Waals surface area contributed by atoms with Gasteiger partial charge in [-0.05, 0) is 57.2 Å². The third-order valence-corrected chi connectivity index (χ3v) is 5.33. The summed E-state index contributed by atoms with van der Waals surface area (Å²) in [5, 5.41) is 1.01. The van der Waals surface area contributed by atoms with E-state index in [2.05, 4.69) is 4.98 Å². The van der Waals surface area contributed by atoms with Crippen molar-refractivity contribution < 1.29 is 28.5 Å². The predicted molar refractivity (Wildman–Crippen MR) is 123 cm³/mol. The number of allylic oxidation sites excluding steroid dienone is 1. The summed E-state index contributed by atoms with van der Waals surface area (Å²) in [6.45, 7) is 7.93. The van der Waals surface area contributed by atoms with E-state index in [1.807, 2.05) is 64.1 Å². The average molecular weight is 446 g/mol. The Morgan fingerprint density at radius 3 is 2.47 bits per heavy atom. The highest BCUT2D eigenvalue weighted by molar-refractivity contribution is 5.85. The molecule has 7 heteroatoms. The molecule has 0 bridgehead atoms. The van der Waals surface area contributed by atoms with E-state index in [4.69, 9.17) is 18.9 Å². The van der Waals surface area contributed by atoms with E-state index in [0.717, 1.165) is 22.2 Å². The molecule has 1 N–H and O–H groups in total. The first-order chi connectivity index (χ1) is 15.2. The molecule has 1 heterocycles. The van der Waals surface area contributed by atoms with Crippen LogP contribution >= 0.6 is 0 Å². The molecule has 176 valence electrons. The van der Waals surface area contributed by atoms with Crippen LogP contribution in [0.3, 0.4) is 0 Å². The summed E-state index contributed by atoms with van der Waals surface area (Å²) in [7, 11) is 2.94. The van der Waals surface area contributed by atoms with E-state index >= 15 is 0 Å². The van der Waals surface area contributed by atoms with Crippen molar-refractivity contribution >= 4 is 22.8 Å². The van der Waals surface area contributed by atoms with Gasteiger partial charge in [-0.25, -0.2) is 0 Å². The predicted octanol–water partition coefficient (Wildman–Crippen LogP) is 4.59. The Hall–Kier alpha value is -2.64. The Balaban J connectivity index is 2.38.